The summed E-state index contributed by atoms with van der Waals surface area (Å²) >= 11 is 6.06. The fraction of sp³-hybridized carbons (Fsp3) is 0.500. The molecule has 0 atom stereocenters. The van der Waals surface area contributed by atoms with Crippen molar-refractivity contribution in [2.45, 2.75) is 44.8 Å². The van der Waals surface area contributed by atoms with E-state index in [-0.39, 0.29) is 6.10 Å². The van der Waals surface area contributed by atoms with Gasteiger partial charge < -0.3 is 10.1 Å². The molecule has 2 aromatic rings. The lowest BCUT2D eigenvalue weighted by Gasteiger charge is -2.29. The Bertz CT molecular complexity index is 611. The molecule has 2 heterocycles. The zero-order chi connectivity index (χ0) is 14.7. The van der Waals surface area contributed by atoms with Gasteiger partial charge in [0.25, 0.3) is 0 Å². The molecular weight excluding hydrogens is 286 g/mol. The van der Waals surface area contributed by atoms with E-state index in [4.69, 9.17) is 16.3 Å². The summed E-state index contributed by atoms with van der Waals surface area (Å²) < 4.78 is 6.11. The van der Waals surface area contributed by atoms with Gasteiger partial charge in [-0.1, -0.05) is 18.5 Å². The molecule has 21 heavy (non-hydrogen) atoms. The van der Waals surface area contributed by atoms with E-state index in [2.05, 4.69) is 22.2 Å². The zero-order valence-corrected chi connectivity index (χ0v) is 12.9. The first-order valence-electron chi connectivity index (χ1n) is 7.57. The number of aromatic nitrogens is 2. The van der Waals surface area contributed by atoms with Crippen LogP contribution in [0.25, 0.3) is 10.9 Å². The van der Waals surface area contributed by atoms with Gasteiger partial charge in [0.05, 0.1) is 10.9 Å². The molecule has 0 bridgehead atoms. The summed E-state index contributed by atoms with van der Waals surface area (Å²) in [4.78, 5) is 8.66. The van der Waals surface area contributed by atoms with E-state index in [1.807, 2.05) is 12.1 Å². The first-order valence-corrected chi connectivity index (χ1v) is 7.95. The Kier molecular flexibility index (Phi) is 4.56. The summed E-state index contributed by atoms with van der Waals surface area (Å²) in [6, 6.07) is 6.27. The Morgan fingerprint density at radius 2 is 2.14 bits per heavy atom. The SMILES string of the molecule is CCNC1CCC(Oc2nc(Cl)cc3ncccc23)CC1. The van der Waals surface area contributed by atoms with Gasteiger partial charge in [-0.15, -0.1) is 0 Å². The van der Waals surface area contributed by atoms with Gasteiger partial charge in [0, 0.05) is 18.3 Å². The maximum atomic E-state index is 6.11. The molecule has 3 rings (SSSR count). The quantitative estimate of drug-likeness (QED) is 0.877. The van der Waals surface area contributed by atoms with Crippen LogP contribution in [0.4, 0.5) is 0 Å². The minimum atomic E-state index is 0.217. The van der Waals surface area contributed by atoms with Crippen LogP contribution in [0.3, 0.4) is 0 Å². The zero-order valence-electron chi connectivity index (χ0n) is 12.2. The van der Waals surface area contributed by atoms with E-state index < -0.39 is 0 Å². The van der Waals surface area contributed by atoms with Crippen molar-refractivity contribution < 1.29 is 4.74 Å². The molecule has 1 aliphatic rings. The molecule has 1 fully saturated rings. The molecule has 0 aliphatic heterocycles. The Hall–Kier alpha value is -1.39. The lowest BCUT2D eigenvalue weighted by atomic mass is 9.93. The first-order chi connectivity index (χ1) is 10.3. The topological polar surface area (TPSA) is 47.0 Å². The summed E-state index contributed by atoms with van der Waals surface area (Å²) in [7, 11) is 0. The van der Waals surface area contributed by atoms with E-state index in [9.17, 15) is 0 Å². The van der Waals surface area contributed by atoms with E-state index >= 15 is 0 Å². The van der Waals surface area contributed by atoms with Gasteiger partial charge in [-0.25, -0.2) is 4.98 Å². The van der Waals surface area contributed by atoms with Crippen molar-refractivity contribution in [1.29, 1.82) is 0 Å². The summed E-state index contributed by atoms with van der Waals surface area (Å²) in [6.45, 7) is 3.18. The number of halogens is 1. The van der Waals surface area contributed by atoms with Crippen LogP contribution >= 0.6 is 11.6 Å². The molecule has 4 nitrogen and oxygen atoms in total. The third-order valence-electron chi connectivity index (χ3n) is 3.98. The maximum absolute atomic E-state index is 6.11. The van der Waals surface area contributed by atoms with Gasteiger partial charge in [0.2, 0.25) is 5.88 Å². The second-order valence-corrected chi connectivity index (χ2v) is 5.86. The molecule has 112 valence electrons. The average molecular weight is 306 g/mol. The fourth-order valence-electron chi connectivity index (χ4n) is 2.94. The first kappa shape index (κ1) is 14.5. The highest BCUT2D eigenvalue weighted by Crippen LogP contribution is 2.29. The molecule has 0 spiro atoms. The van der Waals surface area contributed by atoms with Crippen LogP contribution in [-0.2, 0) is 0 Å². The number of fused-ring (bicyclic) bond motifs is 1. The predicted molar refractivity (Wildman–Crippen MR) is 84.9 cm³/mol. The Morgan fingerprint density at radius 3 is 2.90 bits per heavy atom. The molecule has 0 unspecified atom stereocenters. The number of nitrogens with zero attached hydrogens (tertiary/aromatic N) is 2. The van der Waals surface area contributed by atoms with Gasteiger partial charge >= 0.3 is 0 Å². The second-order valence-electron chi connectivity index (χ2n) is 5.47. The highest BCUT2D eigenvalue weighted by Gasteiger charge is 2.22. The number of hydrogen-bond donors (Lipinski definition) is 1. The molecule has 1 aliphatic carbocycles. The van der Waals surface area contributed by atoms with Crippen LogP contribution in [-0.4, -0.2) is 28.7 Å². The van der Waals surface area contributed by atoms with Crippen LogP contribution < -0.4 is 10.1 Å². The van der Waals surface area contributed by atoms with E-state index in [0.717, 1.165) is 43.1 Å². The predicted octanol–water partition coefficient (Wildman–Crippen LogP) is 3.58. The molecule has 0 amide bonds. The lowest BCUT2D eigenvalue weighted by molar-refractivity contribution is 0.136. The highest BCUT2D eigenvalue weighted by molar-refractivity contribution is 6.30. The van der Waals surface area contributed by atoms with E-state index in [0.29, 0.717) is 17.1 Å². The van der Waals surface area contributed by atoms with Gasteiger partial charge in [0.1, 0.15) is 11.3 Å². The third-order valence-corrected chi connectivity index (χ3v) is 4.17. The summed E-state index contributed by atoms with van der Waals surface area (Å²) in [5.41, 5.74) is 0.828. The van der Waals surface area contributed by atoms with Gasteiger partial charge in [-0.2, -0.15) is 0 Å². The largest absolute Gasteiger partial charge is 0.474 e. The monoisotopic (exact) mass is 305 g/mol. The van der Waals surface area contributed by atoms with Crippen LogP contribution in [0.15, 0.2) is 24.4 Å². The van der Waals surface area contributed by atoms with Crippen molar-refractivity contribution in [3.8, 4) is 5.88 Å². The molecular formula is C16H20ClN3O. The number of rotatable bonds is 4. The molecule has 0 saturated heterocycles. The van der Waals surface area contributed by atoms with Gasteiger partial charge in [0.15, 0.2) is 0 Å². The number of nitrogens with one attached hydrogen (secondary N) is 1. The van der Waals surface area contributed by atoms with Gasteiger partial charge in [-0.05, 0) is 44.4 Å². The smallest absolute Gasteiger partial charge is 0.224 e. The Labute approximate surface area is 129 Å². The van der Waals surface area contributed by atoms with E-state index in [1.165, 1.54) is 0 Å². The average Bonchev–Trinajstić information content (AvgIpc) is 2.49. The Balaban J connectivity index is 1.74. The van der Waals surface area contributed by atoms with Crippen LogP contribution in [0.1, 0.15) is 32.6 Å². The number of ether oxygens (including phenoxy) is 1. The van der Waals surface area contributed by atoms with Crippen molar-refractivity contribution in [3.63, 3.8) is 0 Å². The molecule has 5 heteroatoms. The number of pyridine rings is 2. The van der Waals surface area contributed by atoms with Crippen LogP contribution in [0.5, 0.6) is 5.88 Å². The number of hydrogen-bond acceptors (Lipinski definition) is 4. The normalized spacial score (nSPS) is 22.4. The summed E-state index contributed by atoms with van der Waals surface area (Å²) in [6.07, 6.45) is 6.37. The molecule has 2 aromatic heterocycles. The third kappa shape index (κ3) is 3.44. The highest BCUT2D eigenvalue weighted by atomic mass is 35.5. The molecule has 0 radical (unpaired) electrons. The minimum absolute atomic E-state index is 0.217. The van der Waals surface area contributed by atoms with Crippen molar-refractivity contribution in [2.75, 3.05) is 6.54 Å². The fourth-order valence-corrected chi connectivity index (χ4v) is 3.12. The van der Waals surface area contributed by atoms with Crippen molar-refractivity contribution in [3.05, 3.63) is 29.5 Å². The Morgan fingerprint density at radius 1 is 1.33 bits per heavy atom. The molecule has 1 N–H and O–H groups in total. The minimum Gasteiger partial charge on any atom is -0.474 e. The summed E-state index contributed by atoms with van der Waals surface area (Å²) in [5.74, 6) is 0.609. The molecule has 0 aromatic carbocycles. The van der Waals surface area contributed by atoms with Crippen LogP contribution in [0, 0.1) is 0 Å². The standard InChI is InChI=1S/C16H20ClN3O/c1-2-18-11-5-7-12(8-6-11)21-16-13-4-3-9-19-14(13)10-15(17)20-16/h3-4,9-12,18H,2,5-8H2,1H3. The second kappa shape index (κ2) is 6.58. The van der Waals surface area contributed by atoms with Crippen molar-refractivity contribution in [2.24, 2.45) is 0 Å². The maximum Gasteiger partial charge on any atom is 0.224 e. The summed E-state index contributed by atoms with van der Waals surface area (Å²) in [5, 5.41) is 4.86. The van der Waals surface area contributed by atoms with Gasteiger partial charge in [-0.3, -0.25) is 4.98 Å². The molecule has 1 saturated carbocycles. The van der Waals surface area contributed by atoms with Crippen molar-refractivity contribution >= 4 is 22.5 Å². The van der Waals surface area contributed by atoms with Crippen LogP contribution in [0.2, 0.25) is 5.15 Å². The van der Waals surface area contributed by atoms with E-state index in [1.54, 1.807) is 12.3 Å². The van der Waals surface area contributed by atoms with Crippen molar-refractivity contribution in [1.82, 2.24) is 15.3 Å². The lowest BCUT2D eigenvalue weighted by Crippen LogP contribution is -2.36.